The van der Waals surface area contributed by atoms with Crippen molar-refractivity contribution in [3.05, 3.63) is 0 Å². The van der Waals surface area contributed by atoms with Crippen molar-refractivity contribution in [2.45, 2.75) is 64.0 Å². The molecule has 2 nitrogen and oxygen atoms in total. The molecule has 0 aliphatic heterocycles. The van der Waals surface area contributed by atoms with E-state index in [9.17, 15) is 0 Å². The van der Waals surface area contributed by atoms with E-state index in [1.807, 2.05) is 0 Å². The van der Waals surface area contributed by atoms with Gasteiger partial charge in [-0.25, -0.2) is 0 Å². The summed E-state index contributed by atoms with van der Waals surface area (Å²) in [5, 5.41) is 0. The third kappa shape index (κ3) is 2.15. The minimum absolute atomic E-state index is 0.408. The van der Waals surface area contributed by atoms with Crippen molar-refractivity contribution in [3.8, 4) is 0 Å². The van der Waals surface area contributed by atoms with Crippen LogP contribution in [0.15, 0.2) is 0 Å². The lowest BCUT2D eigenvalue weighted by molar-refractivity contribution is 0.0328. The first-order valence-corrected chi connectivity index (χ1v) is 7.65. The first-order valence-electron chi connectivity index (χ1n) is 7.65. The Hall–Kier alpha value is -0.0800. The SMILES string of the molecule is CC(C)CN(C1CC1)C(CN)(C1CC1)C1CC1. The summed E-state index contributed by atoms with van der Waals surface area (Å²) in [6, 6.07) is 0.877. The highest BCUT2D eigenvalue weighted by Crippen LogP contribution is 2.56. The summed E-state index contributed by atoms with van der Waals surface area (Å²) in [7, 11) is 0. The zero-order chi connectivity index (χ0) is 12.0. The van der Waals surface area contributed by atoms with Gasteiger partial charge in [0.25, 0.3) is 0 Å². The van der Waals surface area contributed by atoms with E-state index >= 15 is 0 Å². The van der Waals surface area contributed by atoms with Gasteiger partial charge in [-0.2, -0.15) is 0 Å². The van der Waals surface area contributed by atoms with Gasteiger partial charge in [-0.3, -0.25) is 4.90 Å². The lowest BCUT2D eigenvalue weighted by Gasteiger charge is -2.46. The Morgan fingerprint density at radius 3 is 1.88 bits per heavy atom. The van der Waals surface area contributed by atoms with Crippen molar-refractivity contribution in [2.24, 2.45) is 23.5 Å². The summed E-state index contributed by atoms with van der Waals surface area (Å²) in [6.07, 6.45) is 8.61. The minimum Gasteiger partial charge on any atom is -0.329 e. The molecule has 0 aromatic rings. The molecule has 98 valence electrons. The molecule has 0 unspecified atom stereocenters. The molecule has 3 saturated carbocycles. The van der Waals surface area contributed by atoms with Crippen molar-refractivity contribution < 1.29 is 0 Å². The fourth-order valence-corrected chi connectivity index (χ4v) is 3.86. The second-order valence-corrected chi connectivity index (χ2v) is 7.02. The first-order chi connectivity index (χ1) is 8.18. The molecule has 3 rings (SSSR count). The molecule has 2 heteroatoms. The number of hydrogen-bond acceptors (Lipinski definition) is 2. The Labute approximate surface area is 106 Å². The molecule has 3 aliphatic rings. The summed E-state index contributed by atoms with van der Waals surface area (Å²) in [4.78, 5) is 2.87. The van der Waals surface area contributed by atoms with Crippen LogP contribution in [0.1, 0.15) is 52.4 Å². The van der Waals surface area contributed by atoms with Gasteiger partial charge < -0.3 is 5.73 Å². The van der Waals surface area contributed by atoms with Gasteiger partial charge in [0.2, 0.25) is 0 Å². The van der Waals surface area contributed by atoms with E-state index in [1.165, 1.54) is 45.1 Å². The fourth-order valence-electron chi connectivity index (χ4n) is 3.86. The third-order valence-corrected chi connectivity index (χ3v) is 4.98. The molecule has 0 heterocycles. The molecule has 0 radical (unpaired) electrons. The average Bonchev–Trinajstić information content (AvgIpc) is 3.15. The van der Waals surface area contributed by atoms with Gasteiger partial charge in [-0.1, -0.05) is 13.8 Å². The maximum atomic E-state index is 6.29. The lowest BCUT2D eigenvalue weighted by atomic mass is 9.84. The standard InChI is InChI=1S/C15H28N2/c1-11(2)9-17(14-7-8-14)15(10-16,12-3-4-12)13-5-6-13/h11-14H,3-10,16H2,1-2H3. The minimum atomic E-state index is 0.408. The summed E-state index contributed by atoms with van der Waals surface area (Å²) in [5.41, 5.74) is 6.70. The Morgan fingerprint density at radius 1 is 1.06 bits per heavy atom. The Bertz CT molecular complexity index is 263. The molecule has 0 atom stereocenters. The zero-order valence-electron chi connectivity index (χ0n) is 11.5. The van der Waals surface area contributed by atoms with Crippen LogP contribution >= 0.6 is 0 Å². The predicted molar refractivity (Wildman–Crippen MR) is 71.8 cm³/mol. The van der Waals surface area contributed by atoms with Crippen LogP contribution in [-0.4, -0.2) is 29.6 Å². The summed E-state index contributed by atoms with van der Waals surface area (Å²) in [5.74, 6) is 2.64. The molecule has 0 aromatic heterocycles. The molecular formula is C15H28N2. The van der Waals surface area contributed by atoms with E-state index in [0.29, 0.717) is 5.54 Å². The highest BCUT2D eigenvalue weighted by Gasteiger charge is 2.58. The maximum absolute atomic E-state index is 6.29. The summed E-state index contributed by atoms with van der Waals surface area (Å²) >= 11 is 0. The molecule has 3 aliphatic carbocycles. The molecular weight excluding hydrogens is 208 g/mol. The van der Waals surface area contributed by atoms with E-state index in [4.69, 9.17) is 5.73 Å². The monoisotopic (exact) mass is 236 g/mol. The second kappa shape index (κ2) is 4.24. The molecule has 3 fully saturated rings. The largest absolute Gasteiger partial charge is 0.329 e. The van der Waals surface area contributed by atoms with Crippen LogP contribution in [0.3, 0.4) is 0 Å². The second-order valence-electron chi connectivity index (χ2n) is 7.02. The van der Waals surface area contributed by atoms with Gasteiger partial charge in [0.15, 0.2) is 0 Å². The lowest BCUT2D eigenvalue weighted by Crippen LogP contribution is -2.59. The van der Waals surface area contributed by atoms with Crippen molar-refractivity contribution in [1.82, 2.24) is 4.90 Å². The summed E-state index contributed by atoms with van der Waals surface area (Å²) < 4.78 is 0. The molecule has 0 bridgehead atoms. The van der Waals surface area contributed by atoms with Crippen molar-refractivity contribution >= 4 is 0 Å². The topological polar surface area (TPSA) is 29.3 Å². The van der Waals surface area contributed by atoms with Crippen LogP contribution in [0.25, 0.3) is 0 Å². The third-order valence-electron chi connectivity index (χ3n) is 4.98. The van der Waals surface area contributed by atoms with Crippen molar-refractivity contribution in [1.29, 1.82) is 0 Å². The van der Waals surface area contributed by atoms with Crippen LogP contribution in [0.2, 0.25) is 0 Å². The molecule has 0 spiro atoms. The number of rotatable bonds is 7. The number of nitrogens with zero attached hydrogens (tertiary/aromatic N) is 1. The average molecular weight is 236 g/mol. The van der Waals surface area contributed by atoms with Crippen molar-refractivity contribution in [2.75, 3.05) is 13.1 Å². The molecule has 17 heavy (non-hydrogen) atoms. The zero-order valence-corrected chi connectivity index (χ0v) is 11.5. The Morgan fingerprint density at radius 2 is 1.59 bits per heavy atom. The van der Waals surface area contributed by atoms with E-state index in [0.717, 1.165) is 30.3 Å². The van der Waals surface area contributed by atoms with Gasteiger partial charge in [0.1, 0.15) is 0 Å². The van der Waals surface area contributed by atoms with E-state index < -0.39 is 0 Å². The first kappa shape index (κ1) is 12.0. The fraction of sp³-hybridized carbons (Fsp3) is 1.00. The normalized spacial score (nSPS) is 25.9. The van der Waals surface area contributed by atoms with Crippen LogP contribution in [-0.2, 0) is 0 Å². The maximum Gasteiger partial charge on any atom is 0.0390 e. The molecule has 0 aromatic carbocycles. The highest BCUT2D eigenvalue weighted by atomic mass is 15.3. The van der Waals surface area contributed by atoms with Crippen molar-refractivity contribution in [3.63, 3.8) is 0 Å². The van der Waals surface area contributed by atoms with Gasteiger partial charge in [0, 0.05) is 24.7 Å². The van der Waals surface area contributed by atoms with Gasteiger partial charge in [-0.05, 0) is 56.3 Å². The molecule has 0 saturated heterocycles. The molecule has 0 amide bonds. The van der Waals surface area contributed by atoms with Gasteiger partial charge >= 0.3 is 0 Å². The van der Waals surface area contributed by atoms with E-state index in [2.05, 4.69) is 18.7 Å². The quantitative estimate of drug-likeness (QED) is 0.736. The van der Waals surface area contributed by atoms with Crippen LogP contribution in [0.4, 0.5) is 0 Å². The van der Waals surface area contributed by atoms with Crippen LogP contribution < -0.4 is 5.73 Å². The predicted octanol–water partition coefficient (Wildman–Crippen LogP) is 2.62. The summed E-state index contributed by atoms with van der Waals surface area (Å²) in [6.45, 7) is 6.90. The number of hydrogen-bond donors (Lipinski definition) is 1. The van der Waals surface area contributed by atoms with Gasteiger partial charge in [0.05, 0.1) is 0 Å². The Balaban J connectivity index is 1.83. The Kier molecular flexibility index (Phi) is 2.99. The molecule has 2 N–H and O–H groups in total. The van der Waals surface area contributed by atoms with E-state index in [-0.39, 0.29) is 0 Å². The highest BCUT2D eigenvalue weighted by molar-refractivity contribution is 5.13. The van der Waals surface area contributed by atoms with Gasteiger partial charge in [-0.15, -0.1) is 0 Å². The van der Waals surface area contributed by atoms with E-state index in [1.54, 1.807) is 0 Å². The number of nitrogens with two attached hydrogens (primary N) is 1. The van der Waals surface area contributed by atoms with Crippen LogP contribution in [0.5, 0.6) is 0 Å². The smallest absolute Gasteiger partial charge is 0.0390 e. The van der Waals surface area contributed by atoms with Crippen LogP contribution in [0, 0.1) is 17.8 Å².